The minimum Gasteiger partial charge on any atom is -0.352 e. The number of aromatic nitrogens is 2. The average Bonchev–Trinajstić information content (AvgIpc) is 3.61. The number of para-hydroxylation sites is 1. The van der Waals surface area contributed by atoms with Crippen LogP contribution in [-0.4, -0.2) is 69.7 Å². The van der Waals surface area contributed by atoms with E-state index >= 15 is 0 Å². The van der Waals surface area contributed by atoms with Gasteiger partial charge in [0.2, 0.25) is 5.91 Å². The van der Waals surface area contributed by atoms with Crippen molar-refractivity contribution in [2.45, 2.75) is 45.7 Å². The fourth-order valence-corrected chi connectivity index (χ4v) is 5.81. The van der Waals surface area contributed by atoms with Crippen molar-refractivity contribution in [2.24, 2.45) is 11.8 Å². The highest BCUT2D eigenvalue weighted by molar-refractivity contribution is 6.00. The quantitative estimate of drug-likeness (QED) is 0.285. The molecule has 0 bridgehead atoms. The summed E-state index contributed by atoms with van der Waals surface area (Å²) in [7, 11) is 1.68. The Kier molecular flexibility index (Phi) is 8.71. The van der Waals surface area contributed by atoms with Gasteiger partial charge in [-0.2, -0.15) is 0 Å². The Morgan fingerprint density at radius 1 is 1.02 bits per heavy atom. The minimum atomic E-state index is -0.640. The predicted molar refractivity (Wildman–Crippen MR) is 165 cm³/mol. The van der Waals surface area contributed by atoms with Gasteiger partial charge in [0, 0.05) is 48.8 Å². The molecular formula is C34H39N5O3. The van der Waals surface area contributed by atoms with Crippen molar-refractivity contribution in [3.05, 3.63) is 90.4 Å². The maximum Gasteiger partial charge on any atom is 0.272 e. The zero-order valence-corrected chi connectivity index (χ0v) is 24.7. The summed E-state index contributed by atoms with van der Waals surface area (Å²) in [6.07, 6.45) is 3.04. The number of aromatic amines is 1. The van der Waals surface area contributed by atoms with Crippen LogP contribution in [0.5, 0.6) is 0 Å². The van der Waals surface area contributed by atoms with Crippen LogP contribution >= 0.6 is 0 Å². The number of nitrogens with zero attached hydrogens (tertiary/aromatic N) is 3. The molecule has 1 saturated heterocycles. The zero-order chi connectivity index (χ0) is 29.8. The first-order valence-electron chi connectivity index (χ1n) is 14.7. The van der Waals surface area contributed by atoms with Gasteiger partial charge < -0.3 is 20.1 Å². The third-order valence-corrected chi connectivity index (χ3v) is 8.03. The number of pyridine rings is 1. The minimum absolute atomic E-state index is 0.136. The zero-order valence-electron chi connectivity index (χ0n) is 24.7. The van der Waals surface area contributed by atoms with Gasteiger partial charge in [0.1, 0.15) is 17.4 Å². The highest BCUT2D eigenvalue weighted by Crippen LogP contribution is 2.26. The van der Waals surface area contributed by atoms with Gasteiger partial charge >= 0.3 is 0 Å². The maximum absolute atomic E-state index is 13.6. The molecule has 218 valence electrons. The Balaban J connectivity index is 1.26. The van der Waals surface area contributed by atoms with E-state index in [9.17, 15) is 14.4 Å². The summed E-state index contributed by atoms with van der Waals surface area (Å²) in [5.74, 6) is -0.0790. The van der Waals surface area contributed by atoms with Gasteiger partial charge in [-0.15, -0.1) is 0 Å². The molecule has 5 rings (SSSR count). The fourth-order valence-electron chi connectivity index (χ4n) is 5.81. The van der Waals surface area contributed by atoms with Crippen molar-refractivity contribution in [2.75, 3.05) is 20.1 Å². The molecule has 3 heterocycles. The number of amides is 3. The second-order valence-corrected chi connectivity index (χ2v) is 11.8. The van der Waals surface area contributed by atoms with Crippen LogP contribution in [0.15, 0.2) is 79.0 Å². The molecule has 8 heteroatoms. The normalized spacial score (nSPS) is 17.4. The van der Waals surface area contributed by atoms with E-state index in [-0.39, 0.29) is 29.7 Å². The smallest absolute Gasteiger partial charge is 0.272 e. The van der Waals surface area contributed by atoms with E-state index in [1.54, 1.807) is 19.3 Å². The molecular weight excluding hydrogens is 526 g/mol. The van der Waals surface area contributed by atoms with Gasteiger partial charge in [0.05, 0.1) is 0 Å². The Labute approximate surface area is 247 Å². The van der Waals surface area contributed by atoms with E-state index in [0.717, 1.165) is 28.5 Å². The second-order valence-electron chi connectivity index (χ2n) is 11.8. The summed E-state index contributed by atoms with van der Waals surface area (Å²) in [6, 6.07) is 22.4. The third-order valence-electron chi connectivity index (χ3n) is 8.03. The summed E-state index contributed by atoms with van der Waals surface area (Å²) in [6.45, 7) is 7.12. The van der Waals surface area contributed by atoms with E-state index in [1.165, 1.54) is 4.90 Å². The van der Waals surface area contributed by atoms with E-state index in [0.29, 0.717) is 36.8 Å². The molecule has 1 aliphatic heterocycles. The van der Waals surface area contributed by atoms with Gasteiger partial charge in [0.25, 0.3) is 11.8 Å². The number of likely N-dealkylation sites (tertiary alicyclic amines) is 1. The molecule has 0 unspecified atom stereocenters. The molecule has 0 aliphatic carbocycles. The Morgan fingerprint density at radius 3 is 2.45 bits per heavy atom. The number of nitrogens with one attached hydrogen (secondary N) is 2. The highest BCUT2D eigenvalue weighted by Gasteiger charge is 2.36. The lowest BCUT2D eigenvalue weighted by Gasteiger charge is -2.30. The standard InChI is InChI=1S/C34H39N5O3/c1-22(2)16-31(38(4)33(41)30-18-25-12-8-9-13-28(25)37-30)32(40)36-20-27-17-23(3)21-39(27)34(42)29-15-14-26(19-35-29)24-10-6-5-7-11-24/h5-15,18-19,22-23,27,31,37H,16-17,20-21H2,1-4H3,(H,36,40)/t23-,27-,31-/m0/s1. The monoisotopic (exact) mass is 565 g/mol. The van der Waals surface area contributed by atoms with Crippen LogP contribution in [0.2, 0.25) is 0 Å². The number of carbonyl (C=O) groups is 3. The summed E-state index contributed by atoms with van der Waals surface area (Å²) >= 11 is 0. The molecule has 0 radical (unpaired) electrons. The third kappa shape index (κ3) is 6.38. The molecule has 1 aliphatic rings. The van der Waals surface area contributed by atoms with Gasteiger partial charge in [-0.3, -0.25) is 19.4 Å². The Hall–Kier alpha value is -4.46. The molecule has 3 atom stereocenters. The van der Waals surface area contributed by atoms with Crippen LogP contribution in [0.1, 0.15) is 54.6 Å². The highest BCUT2D eigenvalue weighted by atomic mass is 16.2. The van der Waals surface area contributed by atoms with Gasteiger partial charge in [0.15, 0.2) is 0 Å². The first kappa shape index (κ1) is 29.0. The molecule has 0 saturated carbocycles. The lowest BCUT2D eigenvalue weighted by atomic mass is 10.0. The number of benzene rings is 2. The SMILES string of the molecule is CC(C)C[C@@H](C(=O)NC[C@@H]1C[C@H](C)CN1C(=O)c1ccc(-c2ccccc2)cn1)N(C)C(=O)c1cc2ccccc2[nH]1. The van der Waals surface area contributed by atoms with Crippen LogP contribution in [0.3, 0.4) is 0 Å². The molecule has 2 aromatic carbocycles. The fraction of sp³-hybridized carbons (Fsp3) is 0.353. The van der Waals surface area contributed by atoms with Crippen molar-refractivity contribution in [3.63, 3.8) is 0 Å². The van der Waals surface area contributed by atoms with E-state index < -0.39 is 6.04 Å². The summed E-state index contributed by atoms with van der Waals surface area (Å²) in [5, 5.41) is 4.02. The van der Waals surface area contributed by atoms with Crippen LogP contribution in [0.4, 0.5) is 0 Å². The molecule has 8 nitrogen and oxygen atoms in total. The Morgan fingerprint density at radius 2 is 1.76 bits per heavy atom. The van der Waals surface area contributed by atoms with E-state index in [2.05, 4.69) is 22.2 Å². The Bertz CT molecular complexity index is 1510. The van der Waals surface area contributed by atoms with Crippen molar-refractivity contribution in [1.82, 2.24) is 25.1 Å². The lowest BCUT2D eigenvalue weighted by molar-refractivity contribution is -0.126. The largest absolute Gasteiger partial charge is 0.352 e. The molecule has 3 amide bonds. The van der Waals surface area contributed by atoms with Crippen LogP contribution < -0.4 is 5.32 Å². The maximum atomic E-state index is 13.6. The van der Waals surface area contributed by atoms with Crippen LogP contribution in [0, 0.1) is 11.8 Å². The first-order chi connectivity index (χ1) is 20.2. The number of H-pyrrole nitrogens is 1. The number of rotatable bonds is 9. The molecule has 2 N–H and O–H groups in total. The predicted octanol–water partition coefficient (Wildman–Crippen LogP) is 5.38. The van der Waals surface area contributed by atoms with Gasteiger partial charge in [-0.25, -0.2) is 0 Å². The molecule has 1 fully saturated rings. The summed E-state index contributed by atoms with van der Waals surface area (Å²) in [5.41, 5.74) is 3.72. The number of likely N-dealkylation sites (N-methyl/N-ethyl adjacent to an activating group) is 1. The van der Waals surface area contributed by atoms with Crippen molar-refractivity contribution in [1.29, 1.82) is 0 Å². The number of hydrogen-bond acceptors (Lipinski definition) is 4. The molecule has 4 aromatic rings. The number of carbonyl (C=O) groups excluding carboxylic acids is 3. The van der Waals surface area contributed by atoms with Gasteiger partial charge in [-0.1, -0.05) is 75.4 Å². The van der Waals surface area contributed by atoms with E-state index in [4.69, 9.17) is 0 Å². The van der Waals surface area contributed by atoms with Gasteiger partial charge in [-0.05, 0) is 48.4 Å². The summed E-state index contributed by atoms with van der Waals surface area (Å²) in [4.78, 5) is 51.5. The van der Waals surface area contributed by atoms with E-state index in [1.807, 2.05) is 85.5 Å². The van der Waals surface area contributed by atoms with Crippen molar-refractivity contribution < 1.29 is 14.4 Å². The molecule has 0 spiro atoms. The molecule has 42 heavy (non-hydrogen) atoms. The van der Waals surface area contributed by atoms with Crippen LogP contribution in [0.25, 0.3) is 22.0 Å². The summed E-state index contributed by atoms with van der Waals surface area (Å²) < 4.78 is 0. The second kappa shape index (κ2) is 12.6. The number of hydrogen-bond donors (Lipinski definition) is 2. The van der Waals surface area contributed by atoms with Crippen molar-refractivity contribution >= 4 is 28.6 Å². The molecule has 2 aromatic heterocycles. The van der Waals surface area contributed by atoms with Crippen LogP contribution in [-0.2, 0) is 4.79 Å². The topological polar surface area (TPSA) is 98.4 Å². The number of fused-ring (bicyclic) bond motifs is 1. The first-order valence-corrected chi connectivity index (χ1v) is 14.7. The average molecular weight is 566 g/mol. The lowest BCUT2D eigenvalue weighted by Crippen LogP contribution is -2.51. The van der Waals surface area contributed by atoms with Crippen molar-refractivity contribution in [3.8, 4) is 11.1 Å².